The number of carbonyl (C=O) groups is 1. The molecule has 0 saturated heterocycles. The Morgan fingerprint density at radius 1 is 0.762 bits per heavy atom. The van der Waals surface area contributed by atoms with E-state index in [1.165, 1.54) is 0 Å². The molecular weight excluding hydrogens is 522 g/mol. The molecular formula is C37H47NO4. The van der Waals surface area contributed by atoms with E-state index in [4.69, 9.17) is 0 Å². The fourth-order valence-corrected chi connectivity index (χ4v) is 5.70. The second kappa shape index (κ2) is 18.1. The molecule has 4 N–H and O–H groups in total. The first kappa shape index (κ1) is 33.0. The summed E-state index contributed by atoms with van der Waals surface area (Å²) < 4.78 is 0. The molecule has 0 radical (unpaired) electrons. The molecule has 3 rings (SSSR count). The van der Waals surface area contributed by atoms with Crippen molar-refractivity contribution in [2.24, 2.45) is 23.7 Å². The van der Waals surface area contributed by atoms with Crippen molar-refractivity contribution in [2.75, 3.05) is 0 Å². The molecule has 5 heteroatoms. The molecule has 0 bridgehead atoms. The molecule has 5 nitrogen and oxygen atoms in total. The largest absolute Gasteiger partial charge is 0.393 e. The van der Waals surface area contributed by atoms with E-state index in [1.807, 2.05) is 98.1 Å². The third-order valence-corrected chi connectivity index (χ3v) is 7.84. The number of amides is 1. The summed E-state index contributed by atoms with van der Waals surface area (Å²) in [5.74, 6) is 0.264. The molecule has 0 spiro atoms. The van der Waals surface area contributed by atoms with Crippen molar-refractivity contribution in [3.05, 3.63) is 133 Å². The zero-order chi connectivity index (χ0) is 30.2. The van der Waals surface area contributed by atoms with E-state index in [2.05, 4.69) is 29.6 Å². The van der Waals surface area contributed by atoms with E-state index in [9.17, 15) is 20.1 Å². The minimum atomic E-state index is -0.590. The SMILES string of the molecule is CC=CC1CC=CC=CC=CC(O)CC=CC=CC2C(C=CC=CC=CC=C(C)C(=O)N1)C=CC1CC(O)CC(O)C12. The molecule has 0 aromatic carbocycles. The maximum atomic E-state index is 12.7. The standard InChI is InChI=1S/C37H47NO4/c1-3-17-31-20-13-8-5-9-14-21-32(39)22-15-10-16-23-34-29(24-25-30-26-33(40)27-35(41)36(30)34)19-12-7-4-6-11-18-28(2)37(42)38-31/h3-19,21,23-25,29-36,39-41H,20,22,26-27H2,1-2H3,(H,38,42). The Morgan fingerprint density at radius 3 is 2.24 bits per heavy atom. The highest BCUT2D eigenvalue weighted by molar-refractivity contribution is 5.93. The van der Waals surface area contributed by atoms with Gasteiger partial charge in [-0.05, 0) is 57.3 Å². The summed E-state index contributed by atoms with van der Waals surface area (Å²) in [4.78, 5) is 12.7. The van der Waals surface area contributed by atoms with Crippen LogP contribution in [0.1, 0.15) is 39.5 Å². The van der Waals surface area contributed by atoms with E-state index in [-0.39, 0.29) is 35.6 Å². The number of allylic oxidation sites excluding steroid dienone is 17. The minimum absolute atomic E-state index is 0.0365. The average molecular weight is 570 g/mol. The Bertz CT molecular complexity index is 1190. The van der Waals surface area contributed by atoms with Crippen molar-refractivity contribution >= 4 is 5.91 Å². The molecule has 8 atom stereocenters. The topological polar surface area (TPSA) is 89.8 Å². The van der Waals surface area contributed by atoms with E-state index >= 15 is 0 Å². The zero-order valence-electron chi connectivity index (χ0n) is 24.8. The number of hydrogen-bond acceptors (Lipinski definition) is 4. The van der Waals surface area contributed by atoms with Gasteiger partial charge in [-0.3, -0.25) is 4.79 Å². The highest BCUT2D eigenvalue weighted by Gasteiger charge is 2.42. The molecule has 8 unspecified atom stereocenters. The number of fused-ring (bicyclic) bond motifs is 3. The van der Waals surface area contributed by atoms with Gasteiger partial charge in [0.25, 0.3) is 0 Å². The fourth-order valence-electron chi connectivity index (χ4n) is 5.70. The van der Waals surface area contributed by atoms with E-state index in [1.54, 1.807) is 19.1 Å². The number of nitrogens with one attached hydrogen (secondary N) is 1. The average Bonchev–Trinajstić information content (AvgIpc) is 2.95. The Kier molecular flexibility index (Phi) is 14.2. The van der Waals surface area contributed by atoms with Crippen LogP contribution in [0.15, 0.2) is 133 Å². The summed E-state index contributed by atoms with van der Waals surface area (Å²) in [5, 5.41) is 34.5. The van der Waals surface area contributed by atoms with Crippen LogP contribution in [-0.2, 0) is 4.79 Å². The zero-order valence-corrected chi connectivity index (χ0v) is 24.8. The number of aliphatic hydroxyl groups excluding tert-OH is 3. The van der Waals surface area contributed by atoms with Crippen LogP contribution >= 0.6 is 0 Å². The predicted octanol–water partition coefficient (Wildman–Crippen LogP) is 6.15. The van der Waals surface area contributed by atoms with Crippen LogP contribution < -0.4 is 5.32 Å². The number of hydrogen-bond donors (Lipinski definition) is 4. The van der Waals surface area contributed by atoms with Crippen LogP contribution in [0.5, 0.6) is 0 Å². The second-order valence-corrected chi connectivity index (χ2v) is 11.1. The van der Waals surface area contributed by atoms with Crippen molar-refractivity contribution in [1.29, 1.82) is 0 Å². The van der Waals surface area contributed by atoms with Gasteiger partial charge in [-0.2, -0.15) is 0 Å². The van der Waals surface area contributed by atoms with Crippen molar-refractivity contribution in [1.82, 2.24) is 5.32 Å². The molecule has 2 aliphatic carbocycles. The lowest BCUT2D eigenvalue weighted by Crippen LogP contribution is -2.45. The van der Waals surface area contributed by atoms with Gasteiger partial charge in [-0.15, -0.1) is 0 Å². The Morgan fingerprint density at radius 2 is 1.43 bits per heavy atom. The van der Waals surface area contributed by atoms with Crippen LogP contribution in [-0.4, -0.2) is 45.6 Å². The summed E-state index contributed by atoms with van der Waals surface area (Å²) >= 11 is 0. The molecule has 0 aromatic heterocycles. The smallest absolute Gasteiger partial charge is 0.247 e. The van der Waals surface area contributed by atoms with Crippen LogP contribution in [0.25, 0.3) is 0 Å². The lowest BCUT2D eigenvalue weighted by atomic mass is 9.63. The molecule has 0 aromatic rings. The summed E-state index contributed by atoms with van der Waals surface area (Å²) in [6.07, 6.45) is 41.8. The summed E-state index contributed by atoms with van der Waals surface area (Å²) in [6, 6.07) is -0.103. The van der Waals surface area contributed by atoms with Gasteiger partial charge in [0, 0.05) is 11.5 Å². The fraction of sp³-hybridized carbons (Fsp3) is 0.378. The van der Waals surface area contributed by atoms with Gasteiger partial charge in [0.1, 0.15) is 0 Å². The van der Waals surface area contributed by atoms with Gasteiger partial charge in [-0.25, -0.2) is 0 Å². The number of carbonyl (C=O) groups excluding carboxylic acids is 1. The third-order valence-electron chi connectivity index (χ3n) is 7.84. The van der Waals surface area contributed by atoms with Crippen LogP contribution in [0.4, 0.5) is 0 Å². The summed E-state index contributed by atoms with van der Waals surface area (Å²) in [5.41, 5.74) is 0.625. The van der Waals surface area contributed by atoms with Crippen LogP contribution in [0.2, 0.25) is 0 Å². The van der Waals surface area contributed by atoms with Gasteiger partial charge in [-0.1, -0.05) is 128 Å². The minimum Gasteiger partial charge on any atom is -0.393 e. The van der Waals surface area contributed by atoms with Crippen LogP contribution in [0, 0.1) is 23.7 Å². The predicted molar refractivity (Wildman–Crippen MR) is 173 cm³/mol. The highest BCUT2D eigenvalue weighted by Crippen LogP contribution is 2.44. The van der Waals surface area contributed by atoms with Crippen molar-refractivity contribution in [2.45, 2.75) is 63.9 Å². The van der Waals surface area contributed by atoms with Gasteiger partial charge in [0.2, 0.25) is 5.91 Å². The first-order valence-corrected chi connectivity index (χ1v) is 15.1. The van der Waals surface area contributed by atoms with Crippen molar-refractivity contribution in [3.8, 4) is 0 Å². The molecule has 1 aliphatic heterocycles. The second-order valence-electron chi connectivity index (χ2n) is 11.1. The van der Waals surface area contributed by atoms with Crippen molar-refractivity contribution in [3.63, 3.8) is 0 Å². The number of rotatable bonds is 1. The molecule has 1 amide bonds. The van der Waals surface area contributed by atoms with Gasteiger partial charge >= 0.3 is 0 Å². The lowest BCUT2D eigenvalue weighted by molar-refractivity contribution is -0.117. The maximum Gasteiger partial charge on any atom is 0.247 e. The molecule has 3 aliphatic rings. The molecule has 1 heterocycles. The number of aliphatic hydroxyl groups is 3. The Hall–Kier alpha value is -3.51. The van der Waals surface area contributed by atoms with Gasteiger partial charge < -0.3 is 20.6 Å². The van der Waals surface area contributed by atoms with Gasteiger partial charge in [0.15, 0.2) is 0 Å². The normalized spacial score (nSPS) is 33.4. The van der Waals surface area contributed by atoms with E-state index in [0.717, 1.165) is 0 Å². The van der Waals surface area contributed by atoms with Gasteiger partial charge in [0.05, 0.1) is 24.4 Å². The summed E-state index contributed by atoms with van der Waals surface area (Å²) in [6.45, 7) is 3.74. The molecule has 42 heavy (non-hydrogen) atoms. The molecule has 1 fully saturated rings. The Labute approximate surface area is 251 Å². The van der Waals surface area contributed by atoms with Crippen molar-refractivity contribution < 1.29 is 20.1 Å². The third kappa shape index (κ3) is 11.1. The molecule has 224 valence electrons. The monoisotopic (exact) mass is 569 g/mol. The Balaban J connectivity index is 1.81. The lowest BCUT2D eigenvalue weighted by Gasteiger charge is -2.44. The van der Waals surface area contributed by atoms with E-state index in [0.29, 0.717) is 31.3 Å². The quantitative estimate of drug-likeness (QED) is 0.285. The first-order valence-electron chi connectivity index (χ1n) is 15.1. The van der Waals surface area contributed by atoms with E-state index < -0.39 is 18.3 Å². The maximum absolute atomic E-state index is 12.7. The first-order chi connectivity index (χ1) is 20.4. The molecule has 1 saturated carbocycles. The summed E-state index contributed by atoms with van der Waals surface area (Å²) in [7, 11) is 0. The van der Waals surface area contributed by atoms with Crippen LogP contribution in [0.3, 0.4) is 0 Å². The highest BCUT2D eigenvalue weighted by atomic mass is 16.3.